The third kappa shape index (κ3) is 7.81. The van der Waals surface area contributed by atoms with Gasteiger partial charge in [-0.15, -0.1) is 24.0 Å². The molecule has 0 spiro atoms. The smallest absolute Gasteiger partial charge is 0.191 e. The lowest BCUT2D eigenvalue weighted by atomic mass is 10.0. The first kappa shape index (κ1) is 24.0. The number of benzene rings is 1. The molecule has 0 aliphatic carbocycles. The quantitative estimate of drug-likeness (QED) is 0.312. The standard InChI is InChI=1S/C21H30ClN5O.HI/c1-2-23-21(24-8-11-26-9-3-4-10-26)25-17-20(27-12-14-28-15-13-27)18-6-5-7-19(22)16-18;/h3-7,9-10,16,20H,2,8,11-15,17H2,1H3,(H2,23,24,25);1H. The number of hydrogen-bond acceptors (Lipinski definition) is 3. The second kappa shape index (κ2) is 13.1. The molecular formula is C21H31ClIN5O. The van der Waals surface area contributed by atoms with Gasteiger partial charge in [0.15, 0.2) is 5.96 Å². The van der Waals surface area contributed by atoms with E-state index in [1.54, 1.807) is 0 Å². The molecule has 2 N–H and O–H groups in total. The first-order chi connectivity index (χ1) is 13.8. The van der Waals surface area contributed by atoms with E-state index in [4.69, 9.17) is 21.3 Å². The third-order valence-corrected chi connectivity index (χ3v) is 5.05. The van der Waals surface area contributed by atoms with Crippen LogP contribution in [0.15, 0.2) is 53.8 Å². The van der Waals surface area contributed by atoms with Gasteiger partial charge in [-0.1, -0.05) is 23.7 Å². The number of ether oxygens (including phenoxy) is 1. The van der Waals surface area contributed by atoms with Gasteiger partial charge in [-0.25, -0.2) is 0 Å². The fourth-order valence-electron chi connectivity index (χ4n) is 3.38. The van der Waals surface area contributed by atoms with Crippen molar-refractivity contribution in [3.05, 3.63) is 59.4 Å². The molecule has 1 aromatic carbocycles. The third-order valence-electron chi connectivity index (χ3n) is 4.82. The summed E-state index contributed by atoms with van der Waals surface area (Å²) in [6.07, 6.45) is 4.14. The average Bonchev–Trinajstić information content (AvgIpc) is 3.22. The van der Waals surface area contributed by atoms with E-state index in [9.17, 15) is 0 Å². The molecular weight excluding hydrogens is 501 g/mol. The van der Waals surface area contributed by atoms with Crippen molar-refractivity contribution in [1.29, 1.82) is 0 Å². The summed E-state index contributed by atoms with van der Waals surface area (Å²) < 4.78 is 7.68. The van der Waals surface area contributed by atoms with Crippen molar-refractivity contribution in [2.75, 3.05) is 45.9 Å². The maximum absolute atomic E-state index is 6.25. The molecule has 1 aliphatic rings. The predicted molar refractivity (Wildman–Crippen MR) is 130 cm³/mol. The van der Waals surface area contributed by atoms with Crippen LogP contribution in [0.25, 0.3) is 0 Å². The summed E-state index contributed by atoms with van der Waals surface area (Å²) in [5, 5.41) is 7.53. The Morgan fingerprint density at radius 3 is 2.62 bits per heavy atom. The first-order valence-corrected chi connectivity index (χ1v) is 10.3. The maximum atomic E-state index is 6.25. The molecule has 6 nitrogen and oxygen atoms in total. The Kier molecular flexibility index (Phi) is 10.8. The lowest BCUT2D eigenvalue weighted by Gasteiger charge is -2.34. The number of nitrogens with one attached hydrogen (secondary N) is 2. The number of nitrogens with zero attached hydrogens (tertiary/aromatic N) is 3. The van der Waals surface area contributed by atoms with Crippen LogP contribution in [0.5, 0.6) is 0 Å². The van der Waals surface area contributed by atoms with E-state index in [0.29, 0.717) is 6.54 Å². The molecule has 0 amide bonds. The van der Waals surface area contributed by atoms with E-state index in [1.807, 2.05) is 30.3 Å². The summed E-state index contributed by atoms with van der Waals surface area (Å²) in [5.74, 6) is 0.843. The van der Waals surface area contributed by atoms with Crippen molar-refractivity contribution in [3.63, 3.8) is 0 Å². The molecule has 160 valence electrons. The zero-order valence-electron chi connectivity index (χ0n) is 16.9. The fourth-order valence-corrected chi connectivity index (χ4v) is 3.58. The average molecular weight is 532 g/mol. The Balaban J connectivity index is 0.00000300. The Labute approximate surface area is 195 Å². The van der Waals surface area contributed by atoms with Crippen LogP contribution in [0.2, 0.25) is 5.02 Å². The summed E-state index contributed by atoms with van der Waals surface area (Å²) in [4.78, 5) is 7.31. The molecule has 1 fully saturated rings. The van der Waals surface area contributed by atoms with Crippen LogP contribution in [-0.2, 0) is 11.3 Å². The zero-order chi connectivity index (χ0) is 19.6. The van der Waals surface area contributed by atoms with Crippen LogP contribution in [0, 0.1) is 0 Å². The van der Waals surface area contributed by atoms with Gasteiger partial charge < -0.3 is 19.9 Å². The van der Waals surface area contributed by atoms with Crippen molar-refractivity contribution < 1.29 is 4.74 Å². The van der Waals surface area contributed by atoms with Gasteiger partial charge in [0, 0.05) is 50.1 Å². The predicted octanol–water partition coefficient (Wildman–Crippen LogP) is 3.39. The molecule has 3 rings (SSSR count). The van der Waals surface area contributed by atoms with E-state index in [0.717, 1.165) is 56.9 Å². The number of guanidine groups is 1. The zero-order valence-corrected chi connectivity index (χ0v) is 20.0. The fraction of sp³-hybridized carbons (Fsp3) is 0.476. The highest BCUT2D eigenvalue weighted by atomic mass is 127. The topological polar surface area (TPSA) is 53.8 Å². The number of morpholine rings is 1. The van der Waals surface area contributed by atoms with E-state index in [-0.39, 0.29) is 30.0 Å². The molecule has 0 bridgehead atoms. The van der Waals surface area contributed by atoms with Crippen LogP contribution >= 0.6 is 35.6 Å². The number of halogens is 2. The highest BCUT2D eigenvalue weighted by molar-refractivity contribution is 14.0. The van der Waals surface area contributed by atoms with Crippen molar-refractivity contribution in [2.45, 2.75) is 19.5 Å². The minimum Gasteiger partial charge on any atom is -0.379 e. The van der Waals surface area contributed by atoms with E-state index in [1.165, 1.54) is 5.56 Å². The normalized spacial score (nSPS) is 16.1. The van der Waals surface area contributed by atoms with E-state index in [2.05, 4.69) is 45.5 Å². The molecule has 1 atom stereocenters. The molecule has 1 unspecified atom stereocenters. The van der Waals surface area contributed by atoms with E-state index < -0.39 is 0 Å². The molecule has 2 aromatic rings. The summed E-state index contributed by atoms with van der Waals surface area (Å²) in [5.41, 5.74) is 1.20. The highest BCUT2D eigenvalue weighted by Gasteiger charge is 2.22. The van der Waals surface area contributed by atoms with Crippen molar-refractivity contribution in [2.24, 2.45) is 4.99 Å². The number of rotatable bonds is 8. The van der Waals surface area contributed by atoms with Crippen LogP contribution in [-0.4, -0.2) is 61.4 Å². The highest BCUT2D eigenvalue weighted by Crippen LogP contribution is 2.24. The van der Waals surface area contributed by atoms with Gasteiger partial charge in [0.25, 0.3) is 0 Å². The minimum atomic E-state index is 0. The van der Waals surface area contributed by atoms with Gasteiger partial charge in [0.05, 0.1) is 25.8 Å². The molecule has 1 saturated heterocycles. The second-order valence-corrected chi connectivity index (χ2v) is 7.22. The molecule has 1 aromatic heterocycles. The molecule has 8 heteroatoms. The SMILES string of the molecule is CCNC(=NCC(c1cccc(Cl)c1)N1CCOCC1)NCCn1cccc1.I. The number of aliphatic imine (C=N–C) groups is 1. The van der Waals surface area contributed by atoms with E-state index >= 15 is 0 Å². The van der Waals surface area contributed by atoms with Crippen molar-refractivity contribution >= 4 is 41.5 Å². The van der Waals surface area contributed by atoms with Crippen LogP contribution in [0.1, 0.15) is 18.5 Å². The Morgan fingerprint density at radius 1 is 1.17 bits per heavy atom. The van der Waals surface area contributed by atoms with Crippen LogP contribution < -0.4 is 10.6 Å². The van der Waals surface area contributed by atoms with Crippen LogP contribution in [0.4, 0.5) is 0 Å². The summed E-state index contributed by atoms with van der Waals surface area (Å²) in [6, 6.07) is 12.4. The molecule has 1 aliphatic heterocycles. The monoisotopic (exact) mass is 531 g/mol. The van der Waals surface area contributed by atoms with Crippen molar-refractivity contribution in [3.8, 4) is 0 Å². The molecule has 0 saturated carbocycles. The number of aromatic nitrogens is 1. The second-order valence-electron chi connectivity index (χ2n) is 6.79. The Hall–Kier alpha value is -1.29. The van der Waals surface area contributed by atoms with Gasteiger partial charge in [-0.3, -0.25) is 9.89 Å². The number of hydrogen-bond donors (Lipinski definition) is 2. The van der Waals surface area contributed by atoms with Gasteiger partial charge in [0.1, 0.15) is 0 Å². The maximum Gasteiger partial charge on any atom is 0.191 e. The summed E-state index contributed by atoms with van der Waals surface area (Å²) >= 11 is 6.25. The molecule has 2 heterocycles. The summed E-state index contributed by atoms with van der Waals surface area (Å²) in [6.45, 7) is 8.63. The minimum absolute atomic E-state index is 0. The summed E-state index contributed by atoms with van der Waals surface area (Å²) in [7, 11) is 0. The lowest BCUT2D eigenvalue weighted by Crippen LogP contribution is -2.42. The first-order valence-electron chi connectivity index (χ1n) is 9.96. The molecule has 29 heavy (non-hydrogen) atoms. The largest absolute Gasteiger partial charge is 0.379 e. The Bertz CT molecular complexity index is 734. The van der Waals surface area contributed by atoms with Gasteiger partial charge in [-0.2, -0.15) is 0 Å². The Morgan fingerprint density at radius 2 is 1.93 bits per heavy atom. The van der Waals surface area contributed by atoms with Gasteiger partial charge in [0.2, 0.25) is 0 Å². The van der Waals surface area contributed by atoms with Gasteiger partial charge in [-0.05, 0) is 36.8 Å². The van der Waals surface area contributed by atoms with Crippen LogP contribution in [0.3, 0.4) is 0 Å². The van der Waals surface area contributed by atoms with Gasteiger partial charge >= 0.3 is 0 Å². The van der Waals surface area contributed by atoms with Crippen molar-refractivity contribution in [1.82, 2.24) is 20.1 Å². The lowest BCUT2D eigenvalue weighted by molar-refractivity contribution is 0.0180. The molecule has 0 radical (unpaired) electrons.